The minimum absolute atomic E-state index is 0.0436. The van der Waals surface area contributed by atoms with Crippen molar-refractivity contribution in [2.75, 3.05) is 5.32 Å². The molecule has 0 spiro atoms. The molecule has 1 saturated carbocycles. The predicted octanol–water partition coefficient (Wildman–Crippen LogP) is 3.49. The van der Waals surface area contributed by atoms with Gasteiger partial charge in [0.15, 0.2) is 0 Å². The summed E-state index contributed by atoms with van der Waals surface area (Å²) in [5.41, 5.74) is 0.105. The summed E-state index contributed by atoms with van der Waals surface area (Å²) < 4.78 is 0. The fraction of sp³-hybridized carbons (Fsp3) is 0.583. The Kier molecular flexibility index (Phi) is 2.77. The normalized spacial score (nSPS) is 20.5. The van der Waals surface area contributed by atoms with Crippen molar-refractivity contribution < 1.29 is 4.92 Å². The second kappa shape index (κ2) is 3.82. The minimum atomic E-state index is -0.450. The molecule has 0 bridgehead atoms. The Morgan fingerprint density at radius 2 is 1.89 bits per heavy atom. The van der Waals surface area contributed by atoms with E-state index in [0.717, 1.165) is 0 Å². The number of nitro groups is 1. The number of nitrogens with zero attached hydrogens (tertiary/aromatic N) is 2. The molecule has 1 aromatic heterocycles. The summed E-state index contributed by atoms with van der Waals surface area (Å²) in [6.45, 7) is 8.50. The molecule has 0 aromatic carbocycles. The van der Waals surface area contributed by atoms with Crippen LogP contribution in [0.1, 0.15) is 27.7 Å². The van der Waals surface area contributed by atoms with Crippen molar-refractivity contribution in [1.82, 2.24) is 4.98 Å². The molecule has 0 saturated heterocycles. The lowest BCUT2D eigenvalue weighted by atomic mass is 10.0. The maximum atomic E-state index is 10.9. The molecule has 2 rings (SSSR count). The van der Waals surface area contributed by atoms with E-state index in [0.29, 0.717) is 0 Å². The van der Waals surface area contributed by atoms with E-state index in [4.69, 9.17) is 11.6 Å². The highest BCUT2D eigenvalue weighted by molar-refractivity contribution is 6.29. The van der Waals surface area contributed by atoms with Gasteiger partial charge < -0.3 is 5.32 Å². The third-order valence-corrected chi connectivity index (χ3v) is 4.55. The number of rotatable bonds is 3. The van der Waals surface area contributed by atoms with Gasteiger partial charge in [-0.3, -0.25) is 10.1 Å². The highest BCUT2D eigenvalue weighted by Gasteiger charge is 2.65. The molecular weight excluding hydrogens is 254 g/mol. The summed E-state index contributed by atoms with van der Waals surface area (Å²) in [5, 5.41) is 14.3. The van der Waals surface area contributed by atoms with Gasteiger partial charge in [-0.2, -0.15) is 0 Å². The second-order valence-corrected chi connectivity index (χ2v) is 6.17. The molecule has 0 amide bonds. The first kappa shape index (κ1) is 13.1. The number of anilines is 1. The van der Waals surface area contributed by atoms with Crippen LogP contribution in [0.2, 0.25) is 5.15 Å². The van der Waals surface area contributed by atoms with Crippen LogP contribution in [0.4, 0.5) is 11.5 Å². The van der Waals surface area contributed by atoms with Gasteiger partial charge in [-0.1, -0.05) is 39.3 Å². The molecule has 1 aliphatic carbocycles. The Balaban J connectivity index is 2.31. The van der Waals surface area contributed by atoms with E-state index in [9.17, 15) is 10.1 Å². The SMILES string of the molecule is CC1(C)C(Nc2nc(Cl)ccc2[N+](=O)[O-])C1(C)C. The monoisotopic (exact) mass is 269 g/mol. The minimum Gasteiger partial charge on any atom is -0.360 e. The van der Waals surface area contributed by atoms with Crippen molar-refractivity contribution in [3.05, 3.63) is 27.4 Å². The molecule has 98 valence electrons. The van der Waals surface area contributed by atoms with E-state index in [2.05, 4.69) is 38.0 Å². The van der Waals surface area contributed by atoms with Gasteiger partial charge in [0, 0.05) is 12.1 Å². The molecule has 0 atom stereocenters. The maximum Gasteiger partial charge on any atom is 0.311 e. The van der Waals surface area contributed by atoms with Crippen molar-refractivity contribution in [2.24, 2.45) is 10.8 Å². The van der Waals surface area contributed by atoms with Crippen LogP contribution in [0, 0.1) is 20.9 Å². The average Bonchev–Trinajstić information content (AvgIpc) is 2.60. The van der Waals surface area contributed by atoms with Crippen molar-refractivity contribution in [2.45, 2.75) is 33.7 Å². The fourth-order valence-electron chi connectivity index (χ4n) is 2.38. The molecule has 0 unspecified atom stereocenters. The molecule has 1 aliphatic rings. The van der Waals surface area contributed by atoms with Crippen LogP contribution in [0.15, 0.2) is 12.1 Å². The summed E-state index contributed by atoms with van der Waals surface area (Å²) in [5.74, 6) is 0.246. The number of hydrogen-bond acceptors (Lipinski definition) is 4. The zero-order valence-corrected chi connectivity index (χ0v) is 11.6. The zero-order valence-electron chi connectivity index (χ0n) is 10.8. The molecular formula is C12H16ClN3O2. The van der Waals surface area contributed by atoms with Crippen LogP contribution in [0.5, 0.6) is 0 Å². The largest absolute Gasteiger partial charge is 0.360 e. The molecule has 1 heterocycles. The lowest BCUT2D eigenvalue weighted by Gasteiger charge is -2.08. The van der Waals surface area contributed by atoms with Gasteiger partial charge in [0.2, 0.25) is 5.82 Å². The summed E-state index contributed by atoms with van der Waals surface area (Å²) in [7, 11) is 0. The van der Waals surface area contributed by atoms with E-state index in [1.54, 1.807) is 0 Å². The number of halogens is 1. The molecule has 18 heavy (non-hydrogen) atoms. The fourth-order valence-corrected chi connectivity index (χ4v) is 2.52. The summed E-state index contributed by atoms with van der Waals surface area (Å²) in [4.78, 5) is 14.5. The van der Waals surface area contributed by atoms with Gasteiger partial charge in [-0.25, -0.2) is 4.98 Å². The van der Waals surface area contributed by atoms with Gasteiger partial charge in [-0.05, 0) is 16.9 Å². The van der Waals surface area contributed by atoms with E-state index in [1.165, 1.54) is 12.1 Å². The van der Waals surface area contributed by atoms with Crippen molar-refractivity contribution in [1.29, 1.82) is 0 Å². The van der Waals surface area contributed by atoms with Crippen LogP contribution >= 0.6 is 11.6 Å². The van der Waals surface area contributed by atoms with Crippen LogP contribution in [0.25, 0.3) is 0 Å². The quantitative estimate of drug-likeness (QED) is 0.518. The molecule has 5 nitrogen and oxygen atoms in total. The molecule has 1 N–H and O–H groups in total. The average molecular weight is 270 g/mol. The molecule has 1 fully saturated rings. The van der Waals surface area contributed by atoms with Gasteiger partial charge in [0.1, 0.15) is 5.15 Å². The third kappa shape index (κ3) is 1.82. The highest BCUT2D eigenvalue weighted by Crippen LogP contribution is 2.63. The van der Waals surface area contributed by atoms with Crippen LogP contribution in [0.3, 0.4) is 0 Å². The number of aromatic nitrogens is 1. The predicted molar refractivity (Wildman–Crippen MR) is 70.9 cm³/mol. The Hall–Kier alpha value is -1.36. The maximum absolute atomic E-state index is 10.9. The summed E-state index contributed by atoms with van der Waals surface area (Å²) >= 11 is 5.79. The standard InChI is InChI=1S/C12H16ClN3O2/c1-11(2)10(12(11,3)4)15-9-7(16(17)18)5-6-8(13)14-9/h5-6,10H,1-4H3,(H,14,15). The van der Waals surface area contributed by atoms with Crippen molar-refractivity contribution in [3.63, 3.8) is 0 Å². The van der Waals surface area contributed by atoms with Crippen LogP contribution in [-0.2, 0) is 0 Å². The third-order valence-electron chi connectivity index (χ3n) is 4.34. The Morgan fingerprint density at radius 1 is 1.33 bits per heavy atom. The smallest absolute Gasteiger partial charge is 0.311 e. The van der Waals surface area contributed by atoms with Gasteiger partial charge >= 0.3 is 5.69 Å². The topological polar surface area (TPSA) is 68.1 Å². The highest BCUT2D eigenvalue weighted by atomic mass is 35.5. The van der Waals surface area contributed by atoms with Crippen LogP contribution in [-0.4, -0.2) is 15.9 Å². The Labute approximate surface area is 111 Å². The lowest BCUT2D eigenvalue weighted by molar-refractivity contribution is -0.384. The van der Waals surface area contributed by atoms with Crippen LogP contribution < -0.4 is 5.32 Å². The van der Waals surface area contributed by atoms with Crippen molar-refractivity contribution in [3.8, 4) is 0 Å². The van der Waals surface area contributed by atoms with Gasteiger partial charge in [-0.15, -0.1) is 0 Å². The molecule has 0 radical (unpaired) electrons. The van der Waals surface area contributed by atoms with Crippen molar-refractivity contribution >= 4 is 23.1 Å². The van der Waals surface area contributed by atoms with E-state index >= 15 is 0 Å². The van der Waals surface area contributed by atoms with Gasteiger partial charge in [0.05, 0.1) is 4.92 Å². The molecule has 0 aliphatic heterocycles. The summed E-state index contributed by atoms with van der Waals surface area (Å²) in [6, 6.07) is 2.95. The Bertz CT molecular complexity index is 500. The first-order valence-electron chi connectivity index (χ1n) is 5.75. The number of pyridine rings is 1. The van der Waals surface area contributed by atoms with E-state index in [1.807, 2.05) is 0 Å². The van der Waals surface area contributed by atoms with Gasteiger partial charge in [0.25, 0.3) is 0 Å². The first-order chi connectivity index (χ1) is 8.18. The second-order valence-electron chi connectivity index (χ2n) is 5.78. The first-order valence-corrected chi connectivity index (χ1v) is 6.13. The summed E-state index contributed by atoms with van der Waals surface area (Å²) in [6.07, 6.45) is 0. The van der Waals surface area contributed by atoms with E-state index in [-0.39, 0.29) is 33.5 Å². The number of hydrogen-bond donors (Lipinski definition) is 1. The lowest BCUT2D eigenvalue weighted by Crippen LogP contribution is -2.13. The Morgan fingerprint density at radius 3 is 2.33 bits per heavy atom. The molecule has 1 aromatic rings. The molecule has 6 heteroatoms. The van der Waals surface area contributed by atoms with E-state index < -0.39 is 4.92 Å². The zero-order chi connectivity index (χ0) is 13.7. The number of nitrogens with one attached hydrogen (secondary N) is 1.